The van der Waals surface area contributed by atoms with Gasteiger partial charge in [-0.3, -0.25) is 4.68 Å². The highest BCUT2D eigenvalue weighted by Gasteiger charge is 2.16. The Morgan fingerprint density at radius 1 is 1.33 bits per heavy atom. The lowest BCUT2D eigenvalue weighted by molar-refractivity contribution is 0.568. The minimum absolute atomic E-state index is 0.144. The topological polar surface area (TPSA) is 42.7 Å². The Labute approximate surface area is 112 Å². The molecule has 18 heavy (non-hydrogen) atoms. The van der Waals surface area contributed by atoms with E-state index in [1.807, 2.05) is 17.9 Å². The molecule has 0 aliphatic carbocycles. The van der Waals surface area contributed by atoms with Gasteiger partial charge in [0.2, 0.25) is 0 Å². The van der Waals surface area contributed by atoms with Crippen LogP contribution in [-0.2, 0) is 7.05 Å². The van der Waals surface area contributed by atoms with Crippen LogP contribution >= 0.6 is 11.8 Å². The zero-order valence-electron chi connectivity index (χ0n) is 10.9. The molecule has 1 heterocycles. The molecule has 0 aliphatic heterocycles. The zero-order chi connectivity index (χ0) is 13.0. The summed E-state index contributed by atoms with van der Waals surface area (Å²) in [7, 11) is 1.92. The number of hydrogen-bond donors (Lipinski definition) is 1. The van der Waals surface area contributed by atoms with Gasteiger partial charge in [0, 0.05) is 11.9 Å². The molecule has 1 atom stereocenters. The van der Waals surface area contributed by atoms with E-state index in [4.69, 9.17) is 0 Å². The Morgan fingerprint density at radius 2 is 2.06 bits per heavy atom. The molecule has 0 saturated heterocycles. The van der Waals surface area contributed by atoms with Crippen LogP contribution in [0.4, 0.5) is 0 Å². The zero-order valence-corrected chi connectivity index (χ0v) is 11.7. The van der Waals surface area contributed by atoms with Crippen molar-refractivity contribution in [2.75, 3.05) is 12.8 Å². The Morgan fingerprint density at radius 3 is 2.56 bits per heavy atom. The molecule has 0 radical (unpaired) electrons. The van der Waals surface area contributed by atoms with Crippen molar-refractivity contribution in [2.24, 2.45) is 7.05 Å². The monoisotopic (exact) mass is 262 g/mol. The second-order valence-electron chi connectivity index (χ2n) is 4.05. The van der Waals surface area contributed by atoms with Crippen LogP contribution in [0.5, 0.6) is 0 Å². The van der Waals surface area contributed by atoms with Gasteiger partial charge in [-0.05, 0) is 30.5 Å². The quantitative estimate of drug-likeness (QED) is 0.839. The molecule has 5 heteroatoms. The number of rotatable bonds is 5. The van der Waals surface area contributed by atoms with E-state index >= 15 is 0 Å². The van der Waals surface area contributed by atoms with Crippen LogP contribution in [0, 0.1) is 0 Å². The summed E-state index contributed by atoms with van der Waals surface area (Å²) in [6, 6.07) is 8.76. The van der Waals surface area contributed by atoms with Gasteiger partial charge in [0.25, 0.3) is 0 Å². The fourth-order valence-corrected chi connectivity index (χ4v) is 2.36. The first-order valence-corrected chi connectivity index (χ1v) is 7.20. The largest absolute Gasteiger partial charge is 0.305 e. The number of thioether (sulfide) groups is 1. The van der Waals surface area contributed by atoms with E-state index in [9.17, 15) is 0 Å². The number of nitrogens with zero attached hydrogens (tertiary/aromatic N) is 3. The fraction of sp³-hybridized carbons (Fsp3) is 0.385. The smallest absolute Gasteiger partial charge is 0.0798 e. The summed E-state index contributed by atoms with van der Waals surface area (Å²) in [5.41, 5.74) is 2.31. The number of nitrogens with one attached hydrogen (secondary N) is 1. The van der Waals surface area contributed by atoms with Crippen molar-refractivity contribution < 1.29 is 0 Å². The highest BCUT2D eigenvalue weighted by Crippen LogP contribution is 2.23. The first-order chi connectivity index (χ1) is 8.76. The van der Waals surface area contributed by atoms with Gasteiger partial charge in [-0.25, -0.2) is 0 Å². The highest BCUT2D eigenvalue weighted by molar-refractivity contribution is 7.98. The first kappa shape index (κ1) is 13.1. The van der Waals surface area contributed by atoms with Crippen LogP contribution in [0.1, 0.15) is 24.2 Å². The van der Waals surface area contributed by atoms with E-state index in [1.165, 1.54) is 10.5 Å². The molecule has 2 aromatic rings. The molecule has 0 fully saturated rings. The average Bonchev–Trinajstić information content (AvgIpc) is 2.82. The third-order valence-electron chi connectivity index (χ3n) is 2.90. The maximum Gasteiger partial charge on any atom is 0.0798 e. The van der Waals surface area contributed by atoms with Crippen molar-refractivity contribution in [1.29, 1.82) is 0 Å². The molecule has 4 nitrogen and oxygen atoms in total. The molecule has 1 aromatic heterocycles. The third-order valence-corrected chi connectivity index (χ3v) is 3.65. The van der Waals surface area contributed by atoms with E-state index in [-0.39, 0.29) is 6.04 Å². The maximum atomic E-state index is 4.00. The molecule has 1 unspecified atom stereocenters. The summed E-state index contributed by atoms with van der Waals surface area (Å²) in [5, 5.41) is 11.4. The van der Waals surface area contributed by atoms with Gasteiger partial charge in [0.1, 0.15) is 0 Å². The van der Waals surface area contributed by atoms with E-state index in [0.717, 1.165) is 12.2 Å². The van der Waals surface area contributed by atoms with Crippen molar-refractivity contribution in [2.45, 2.75) is 17.9 Å². The van der Waals surface area contributed by atoms with Gasteiger partial charge < -0.3 is 5.32 Å². The van der Waals surface area contributed by atoms with Gasteiger partial charge in [-0.2, -0.15) is 0 Å². The second kappa shape index (κ2) is 6.02. The van der Waals surface area contributed by atoms with Crippen LogP contribution in [0.3, 0.4) is 0 Å². The summed E-state index contributed by atoms with van der Waals surface area (Å²) in [5.74, 6) is 0. The van der Waals surface area contributed by atoms with E-state index in [1.54, 1.807) is 11.8 Å². The lowest BCUT2D eigenvalue weighted by Crippen LogP contribution is -2.24. The Bertz CT molecular complexity index is 492. The Hall–Kier alpha value is -1.33. The Kier molecular flexibility index (Phi) is 4.38. The molecule has 0 amide bonds. The van der Waals surface area contributed by atoms with Gasteiger partial charge in [-0.15, -0.1) is 16.9 Å². The summed E-state index contributed by atoms with van der Waals surface area (Å²) in [4.78, 5) is 1.28. The predicted molar refractivity (Wildman–Crippen MR) is 74.7 cm³/mol. The summed E-state index contributed by atoms with van der Waals surface area (Å²) in [6.07, 6.45) is 3.90. The van der Waals surface area contributed by atoms with Gasteiger partial charge in [0.15, 0.2) is 0 Å². The van der Waals surface area contributed by atoms with Gasteiger partial charge >= 0.3 is 0 Å². The summed E-state index contributed by atoms with van der Waals surface area (Å²) >= 11 is 1.75. The van der Waals surface area contributed by atoms with Crippen LogP contribution in [0.15, 0.2) is 35.4 Å². The molecule has 0 saturated carbocycles. The van der Waals surface area contributed by atoms with Crippen LogP contribution < -0.4 is 5.32 Å². The normalized spacial score (nSPS) is 12.6. The molecule has 2 rings (SSSR count). The molecule has 1 N–H and O–H groups in total. The number of hydrogen-bond acceptors (Lipinski definition) is 4. The maximum absolute atomic E-state index is 4.00. The molecular weight excluding hydrogens is 244 g/mol. The molecular formula is C13H18N4S. The second-order valence-corrected chi connectivity index (χ2v) is 4.93. The Balaban J connectivity index is 2.32. The average molecular weight is 262 g/mol. The minimum atomic E-state index is 0.144. The van der Waals surface area contributed by atoms with Gasteiger partial charge in [0.05, 0.1) is 17.9 Å². The third kappa shape index (κ3) is 2.73. The van der Waals surface area contributed by atoms with Crippen molar-refractivity contribution in [3.8, 4) is 0 Å². The lowest BCUT2D eigenvalue weighted by Gasteiger charge is -2.18. The molecule has 0 spiro atoms. The van der Waals surface area contributed by atoms with Crippen molar-refractivity contribution in [3.63, 3.8) is 0 Å². The SMILES string of the molecule is CCNC(c1ccc(SC)cc1)c1cnnn1C. The van der Waals surface area contributed by atoms with E-state index in [2.05, 4.69) is 53.1 Å². The number of aryl methyl sites for hydroxylation is 1. The molecule has 0 bridgehead atoms. The number of benzene rings is 1. The van der Waals surface area contributed by atoms with E-state index < -0.39 is 0 Å². The standard InChI is InChI=1S/C13H18N4S/c1-4-14-13(12-9-15-16-17(12)2)10-5-7-11(18-3)8-6-10/h5-9,13-14H,4H2,1-3H3. The number of aromatic nitrogens is 3. The van der Waals surface area contributed by atoms with Crippen LogP contribution in [0.25, 0.3) is 0 Å². The summed E-state index contributed by atoms with van der Waals surface area (Å²) in [6.45, 7) is 3.01. The van der Waals surface area contributed by atoms with Crippen LogP contribution in [-0.4, -0.2) is 27.8 Å². The van der Waals surface area contributed by atoms with E-state index in [0.29, 0.717) is 0 Å². The molecule has 1 aromatic carbocycles. The highest BCUT2D eigenvalue weighted by atomic mass is 32.2. The molecule has 96 valence electrons. The predicted octanol–water partition coefficient (Wildman–Crippen LogP) is 2.24. The first-order valence-electron chi connectivity index (χ1n) is 5.98. The van der Waals surface area contributed by atoms with Crippen molar-refractivity contribution >= 4 is 11.8 Å². The van der Waals surface area contributed by atoms with Crippen LogP contribution in [0.2, 0.25) is 0 Å². The lowest BCUT2D eigenvalue weighted by atomic mass is 10.0. The van der Waals surface area contributed by atoms with Gasteiger partial charge in [-0.1, -0.05) is 24.3 Å². The molecule has 0 aliphatic rings. The van der Waals surface area contributed by atoms with Crippen molar-refractivity contribution in [1.82, 2.24) is 20.3 Å². The summed E-state index contributed by atoms with van der Waals surface area (Å²) < 4.78 is 1.82. The minimum Gasteiger partial charge on any atom is -0.305 e. The fourth-order valence-electron chi connectivity index (χ4n) is 1.95. The van der Waals surface area contributed by atoms with Crippen molar-refractivity contribution in [3.05, 3.63) is 41.7 Å².